The average molecular weight is 285 g/mol. The lowest BCUT2D eigenvalue weighted by Crippen LogP contribution is -2.13. The van der Waals surface area contributed by atoms with E-state index in [0.717, 1.165) is 16.7 Å². The number of thioether (sulfide) groups is 1. The Bertz CT molecular complexity index is 373. The van der Waals surface area contributed by atoms with Gasteiger partial charge in [-0.05, 0) is 24.5 Å². The molecule has 2 nitrogen and oxygen atoms in total. The molecule has 0 aliphatic rings. The minimum absolute atomic E-state index is 0.538. The largest absolute Gasteiger partial charge is 0.383 e. The van der Waals surface area contributed by atoms with Crippen LogP contribution in [0.4, 0.5) is 5.69 Å². The molecule has 4 heteroatoms. The molecule has 0 saturated carbocycles. The second-order valence-electron chi connectivity index (χ2n) is 3.23. The maximum absolute atomic E-state index is 8.92. The van der Waals surface area contributed by atoms with Gasteiger partial charge in [0.05, 0.1) is 11.3 Å². The molecule has 1 aromatic carbocycles. The van der Waals surface area contributed by atoms with Gasteiger partial charge in [-0.15, -0.1) is 0 Å². The third-order valence-corrected chi connectivity index (χ3v) is 3.55. The molecule has 0 fully saturated rings. The summed E-state index contributed by atoms with van der Waals surface area (Å²) in [5.74, 6) is 0. The Labute approximate surface area is 103 Å². The lowest BCUT2D eigenvalue weighted by Gasteiger charge is -2.12. The summed E-state index contributed by atoms with van der Waals surface area (Å²) in [5.41, 5.74) is 1.58. The number of nitriles is 1. The van der Waals surface area contributed by atoms with Gasteiger partial charge >= 0.3 is 0 Å². The van der Waals surface area contributed by atoms with Crippen molar-refractivity contribution in [3.63, 3.8) is 0 Å². The van der Waals surface area contributed by atoms with Crippen molar-refractivity contribution in [2.75, 3.05) is 18.1 Å². The van der Waals surface area contributed by atoms with Gasteiger partial charge in [0.25, 0.3) is 0 Å². The van der Waals surface area contributed by atoms with Gasteiger partial charge in [0.15, 0.2) is 0 Å². The molecule has 1 unspecified atom stereocenters. The van der Waals surface area contributed by atoms with Crippen LogP contribution in [0.3, 0.4) is 0 Å². The number of hydrogen-bond donors (Lipinski definition) is 1. The highest BCUT2D eigenvalue weighted by Crippen LogP contribution is 2.21. The van der Waals surface area contributed by atoms with Gasteiger partial charge in [-0.1, -0.05) is 22.9 Å². The van der Waals surface area contributed by atoms with Crippen LogP contribution >= 0.6 is 27.7 Å². The molecule has 0 radical (unpaired) electrons. The maximum Gasteiger partial charge on any atom is 0.101 e. The SMILES string of the molecule is CSC(C)CNc1cc(Br)ccc1C#N. The van der Waals surface area contributed by atoms with E-state index in [1.807, 2.05) is 18.2 Å². The predicted octanol–water partition coefficient (Wildman–Crippen LogP) is 3.48. The molecule has 0 aliphatic heterocycles. The van der Waals surface area contributed by atoms with Crippen molar-refractivity contribution in [3.8, 4) is 6.07 Å². The van der Waals surface area contributed by atoms with Gasteiger partial charge in [-0.2, -0.15) is 17.0 Å². The minimum Gasteiger partial charge on any atom is -0.383 e. The summed E-state index contributed by atoms with van der Waals surface area (Å²) in [6.45, 7) is 3.02. The zero-order valence-electron chi connectivity index (χ0n) is 8.75. The topological polar surface area (TPSA) is 35.8 Å². The highest BCUT2D eigenvalue weighted by atomic mass is 79.9. The Morgan fingerprint density at radius 2 is 2.33 bits per heavy atom. The van der Waals surface area contributed by atoms with Crippen LogP contribution < -0.4 is 5.32 Å². The van der Waals surface area contributed by atoms with E-state index < -0.39 is 0 Å². The fourth-order valence-electron chi connectivity index (χ4n) is 1.10. The first kappa shape index (κ1) is 12.4. The Morgan fingerprint density at radius 3 is 2.93 bits per heavy atom. The molecule has 0 saturated heterocycles. The van der Waals surface area contributed by atoms with Crippen molar-refractivity contribution in [1.82, 2.24) is 0 Å². The Kier molecular flexibility index (Phi) is 5.00. The van der Waals surface area contributed by atoms with E-state index in [2.05, 4.69) is 40.5 Å². The first-order valence-corrected chi connectivity index (χ1v) is 6.71. The molecule has 0 amide bonds. The summed E-state index contributed by atoms with van der Waals surface area (Å²) in [4.78, 5) is 0. The van der Waals surface area contributed by atoms with Gasteiger partial charge in [0.1, 0.15) is 6.07 Å². The van der Waals surface area contributed by atoms with E-state index >= 15 is 0 Å². The highest BCUT2D eigenvalue weighted by Gasteiger charge is 2.04. The summed E-state index contributed by atoms with van der Waals surface area (Å²) in [6, 6.07) is 7.80. The Morgan fingerprint density at radius 1 is 1.60 bits per heavy atom. The van der Waals surface area contributed by atoms with Gasteiger partial charge in [-0.25, -0.2) is 0 Å². The summed E-state index contributed by atoms with van der Waals surface area (Å²) in [6.07, 6.45) is 2.08. The predicted molar refractivity (Wildman–Crippen MR) is 70.3 cm³/mol. The lowest BCUT2D eigenvalue weighted by molar-refractivity contribution is 1.00. The van der Waals surface area contributed by atoms with Crippen LogP contribution in [0.2, 0.25) is 0 Å². The van der Waals surface area contributed by atoms with Crippen molar-refractivity contribution < 1.29 is 0 Å². The molecule has 0 heterocycles. The van der Waals surface area contributed by atoms with E-state index in [4.69, 9.17) is 5.26 Å². The second-order valence-corrected chi connectivity index (χ2v) is 5.42. The number of halogens is 1. The number of hydrogen-bond acceptors (Lipinski definition) is 3. The Balaban J connectivity index is 2.75. The number of benzene rings is 1. The summed E-state index contributed by atoms with van der Waals surface area (Å²) in [5, 5.41) is 12.7. The third kappa shape index (κ3) is 3.77. The zero-order valence-corrected chi connectivity index (χ0v) is 11.2. The first-order valence-electron chi connectivity index (χ1n) is 4.63. The molecule has 1 N–H and O–H groups in total. The molecule has 0 spiro atoms. The van der Waals surface area contributed by atoms with Crippen molar-refractivity contribution in [2.24, 2.45) is 0 Å². The zero-order chi connectivity index (χ0) is 11.3. The molecule has 1 aromatic rings. The smallest absolute Gasteiger partial charge is 0.101 e. The van der Waals surface area contributed by atoms with E-state index in [9.17, 15) is 0 Å². The van der Waals surface area contributed by atoms with Crippen LogP contribution in [-0.4, -0.2) is 18.1 Å². The molecule has 15 heavy (non-hydrogen) atoms. The summed E-state index contributed by atoms with van der Waals surface area (Å²) >= 11 is 5.20. The van der Waals surface area contributed by atoms with E-state index in [1.54, 1.807) is 11.8 Å². The van der Waals surface area contributed by atoms with Crippen molar-refractivity contribution in [3.05, 3.63) is 28.2 Å². The van der Waals surface area contributed by atoms with Crippen LogP contribution in [0.15, 0.2) is 22.7 Å². The number of anilines is 1. The van der Waals surface area contributed by atoms with Crippen LogP contribution in [0, 0.1) is 11.3 Å². The minimum atomic E-state index is 0.538. The summed E-state index contributed by atoms with van der Waals surface area (Å²) in [7, 11) is 0. The molecule has 0 aromatic heterocycles. The molecular weight excluding hydrogens is 272 g/mol. The van der Waals surface area contributed by atoms with Crippen LogP contribution in [-0.2, 0) is 0 Å². The Hall–Kier alpha value is -0.660. The molecule has 1 rings (SSSR count). The third-order valence-electron chi connectivity index (χ3n) is 2.08. The fraction of sp³-hybridized carbons (Fsp3) is 0.364. The number of rotatable bonds is 4. The molecule has 0 aliphatic carbocycles. The molecular formula is C11H13BrN2S. The van der Waals surface area contributed by atoms with Crippen molar-refractivity contribution >= 4 is 33.4 Å². The van der Waals surface area contributed by atoms with E-state index in [1.165, 1.54) is 0 Å². The van der Waals surface area contributed by atoms with Crippen molar-refractivity contribution in [1.29, 1.82) is 5.26 Å². The first-order chi connectivity index (χ1) is 7.17. The van der Waals surface area contributed by atoms with Crippen LogP contribution in [0.5, 0.6) is 0 Å². The molecule has 0 bridgehead atoms. The number of nitrogens with one attached hydrogen (secondary N) is 1. The highest BCUT2D eigenvalue weighted by molar-refractivity contribution is 9.10. The lowest BCUT2D eigenvalue weighted by atomic mass is 10.2. The van der Waals surface area contributed by atoms with Gasteiger partial charge in [0.2, 0.25) is 0 Å². The van der Waals surface area contributed by atoms with Crippen LogP contribution in [0.25, 0.3) is 0 Å². The standard InChI is InChI=1S/C11H13BrN2S/c1-8(15-2)7-14-11-5-10(12)4-3-9(11)6-13/h3-5,8,14H,7H2,1-2H3. The second kappa shape index (κ2) is 6.04. The van der Waals surface area contributed by atoms with Crippen molar-refractivity contribution in [2.45, 2.75) is 12.2 Å². The molecule has 80 valence electrons. The van der Waals surface area contributed by atoms with E-state index in [-0.39, 0.29) is 0 Å². The van der Waals surface area contributed by atoms with Crippen LogP contribution in [0.1, 0.15) is 12.5 Å². The quantitative estimate of drug-likeness (QED) is 0.920. The maximum atomic E-state index is 8.92. The van der Waals surface area contributed by atoms with Gasteiger partial charge in [0, 0.05) is 16.3 Å². The number of nitrogens with zero attached hydrogens (tertiary/aromatic N) is 1. The average Bonchev–Trinajstić information content (AvgIpc) is 2.26. The monoisotopic (exact) mass is 284 g/mol. The summed E-state index contributed by atoms with van der Waals surface area (Å²) < 4.78 is 0.987. The van der Waals surface area contributed by atoms with E-state index in [0.29, 0.717) is 10.8 Å². The fourth-order valence-corrected chi connectivity index (χ4v) is 1.71. The molecule has 1 atom stereocenters. The van der Waals surface area contributed by atoms with Gasteiger partial charge < -0.3 is 5.32 Å². The normalized spacial score (nSPS) is 11.9. The van der Waals surface area contributed by atoms with Gasteiger partial charge in [-0.3, -0.25) is 0 Å².